The van der Waals surface area contributed by atoms with Gasteiger partial charge in [-0.25, -0.2) is 9.97 Å². The van der Waals surface area contributed by atoms with Gasteiger partial charge >= 0.3 is 0 Å². The third-order valence-electron chi connectivity index (χ3n) is 3.29. The molecule has 126 valence electrons. The maximum absolute atomic E-state index is 12.3. The quantitative estimate of drug-likeness (QED) is 0.709. The van der Waals surface area contributed by atoms with Crippen LogP contribution in [0.3, 0.4) is 0 Å². The summed E-state index contributed by atoms with van der Waals surface area (Å²) >= 11 is 12.2. The Bertz CT molecular complexity index is 869. The summed E-state index contributed by atoms with van der Waals surface area (Å²) < 4.78 is 0. The highest BCUT2D eigenvalue weighted by Gasteiger charge is 2.11. The summed E-state index contributed by atoms with van der Waals surface area (Å²) in [5.74, 6) is -0.0842. The highest BCUT2D eigenvalue weighted by Crippen LogP contribution is 2.31. The van der Waals surface area contributed by atoms with Gasteiger partial charge in [-0.3, -0.25) is 9.78 Å². The summed E-state index contributed by atoms with van der Waals surface area (Å²) in [6, 6.07) is 10.3. The van der Waals surface area contributed by atoms with Gasteiger partial charge in [0.2, 0.25) is 5.95 Å². The van der Waals surface area contributed by atoms with Crippen molar-refractivity contribution in [3.05, 3.63) is 76.3 Å². The van der Waals surface area contributed by atoms with Crippen LogP contribution in [0, 0.1) is 0 Å². The Morgan fingerprint density at radius 2 is 1.72 bits per heavy atom. The number of carbonyl (C=O) groups is 1. The number of hydrogen-bond acceptors (Lipinski definition) is 5. The molecule has 0 fully saturated rings. The average Bonchev–Trinajstić information content (AvgIpc) is 2.64. The molecule has 0 saturated carbocycles. The fraction of sp³-hybridized carbons (Fsp3) is 0.0588. The number of halogens is 2. The van der Waals surface area contributed by atoms with Crippen LogP contribution in [-0.2, 0) is 6.54 Å². The number of amides is 1. The summed E-state index contributed by atoms with van der Waals surface area (Å²) in [4.78, 5) is 24.5. The zero-order valence-electron chi connectivity index (χ0n) is 12.9. The number of anilines is 2. The number of nitrogens with zero attached hydrogens (tertiary/aromatic N) is 3. The van der Waals surface area contributed by atoms with Crippen molar-refractivity contribution in [2.75, 3.05) is 5.32 Å². The molecule has 0 bridgehead atoms. The van der Waals surface area contributed by atoms with E-state index < -0.39 is 0 Å². The molecule has 6 nitrogen and oxygen atoms in total. The van der Waals surface area contributed by atoms with Gasteiger partial charge in [-0.1, -0.05) is 29.3 Å². The molecule has 8 heteroatoms. The maximum atomic E-state index is 12.3. The van der Waals surface area contributed by atoms with E-state index in [9.17, 15) is 4.79 Å². The van der Waals surface area contributed by atoms with E-state index in [1.807, 2.05) is 12.1 Å². The van der Waals surface area contributed by atoms with E-state index in [-0.39, 0.29) is 17.5 Å². The lowest BCUT2D eigenvalue weighted by molar-refractivity contribution is 0.0946. The van der Waals surface area contributed by atoms with Gasteiger partial charge in [-0.05, 0) is 35.9 Å². The van der Waals surface area contributed by atoms with E-state index in [4.69, 9.17) is 23.2 Å². The molecule has 0 unspecified atom stereocenters. The summed E-state index contributed by atoms with van der Waals surface area (Å²) in [5, 5.41) is 6.60. The van der Waals surface area contributed by atoms with Crippen LogP contribution in [0.15, 0.2) is 55.0 Å². The molecule has 0 radical (unpaired) electrons. The average molecular weight is 374 g/mol. The molecule has 0 aliphatic carbocycles. The molecule has 2 aromatic heterocycles. The third-order valence-corrected chi connectivity index (χ3v) is 3.92. The van der Waals surface area contributed by atoms with Crippen LogP contribution in [0.25, 0.3) is 0 Å². The first-order valence-corrected chi connectivity index (χ1v) is 8.10. The number of benzene rings is 1. The first-order valence-electron chi connectivity index (χ1n) is 7.34. The standard InChI is InChI=1S/C17H13Cl2N5O/c18-12-2-1-3-13(19)15(12)24-17-21-9-6-14(23-17)16(25)22-10-11-4-7-20-8-5-11/h1-9H,10H2,(H,22,25)(H,21,23,24). The fourth-order valence-corrected chi connectivity index (χ4v) is 2.54. The van der Waals surface area contributed by atoms with Gasteiger partial charge in [-0.2, -0.15) is 0 Å². The van der Waals surface area contributed by atoms with Crippen LogP contribution in [0.1, 0.15) is 16.1 Å². The number of aromatic nitrogens is 3. The van der Waals surface area contributed by atoms with E-state index >= 15 is 0 Å². The molecule has 2 N–H and O–H groups in total. The Balaban J connectivity index is 1.72. The SMILES string of the molecule is O=C(NCc1ccncc1)c1ccnc(Nc2c(Cl)cccc2Cl)n1. The Morgan fingerprint density at radius 3 is 2.44 bits per heavy atom. The molecule has 0 saturated heterocycles. The lowest BCUT2D eigenvalue weighted by Crippen LogP contribution is -2.24. The van der Waals surface area contributed by atoms with Crippen molar-refractivity contribution in [1.29, 1.82) is 0 Å². The molecule has 2 heterocycles. The van der Waals surface area contributed by atoms with Crippen molar-refractivity contribution in [2.24, 2.45) is 0 Å². The number of hydrogen-bond donors (Lipinski definition) is 2. The van der Waals surface area contributed by atoms with Gasteiger partial charge in [0.05, 0.1) is 15.7 Å². The second-order valence-electron chi connectivity index (χ2n) is 5.03. The summed E-state index contributed by atoms with van der Waals surface area (Å²) in [6.07, 6.45) is 4.82. The predicted molar refractivity (Wildman–Crippen MR) is 97.2 cm³/mol. The number of rotatable bonds is 5. The van der Waals surface area contributed by atoms with Crippen molar-refractivity contribution in [3.8, 4) is 0 Å². The summed E-state index contributed by atoms with van der Waals surface area (Å²) in [7, 11) is 0. The second-order valence-corrected chi connectivity index (χ2v) is 5.84. The molecule has 1 aromatic carbocycles. The van der Waals surface area contributed by atoms with Crippen LogP contribution < -0.4 is 10.6 Å². The first-order chi connectivity index (χ1) is 12.1. The van der Waals surface area contributed by atoms with Gasteiger partial charge in [0.15, 0.2) is 0 Å². The highest BCUT2D eigenvalue weighted by molar-refractivity contribution is 6.39. The number of pyridine rings is 1. The number of carbonyl (C=O) groups excluding carboxylic acids is 1. The lowest BCUT2D eigenvalue weighted by atomic mass is 10.2. The Morgan fingerprint density at radius 1 is 1.00 bits per heavy atom. The van der Waals surface area contributed by atoms with Crippen LogP contribution >= 0.6 is 23.2 Å². The number of para-hydroxylation sites is 1. The molecule has 0 aliphatic rings. The monoisotopic (exact) mass is 373 g/mol. The van der Waals surface area contributed by atoms with Gasteiger partial charge < -0.3 is 10.6 Å². The lowest BCUT2D eigenvalue weighted by Gasteiger charge is -2.10. The molecule has 25 heavy (non-hydrogen) atoms. The normalized spacial score (nSPS) is 10.3. The fourth-order valence-electron chi connectivity index (χ4n) is 2.05. The van der Waals surface area contributed by atoms with E-state index in [0.717, 1.165) is 5.56 Å². The minimum Gasteiger partial charge on any atom is -0.347 e. The van der Waals surface area contributed by atoms with Crippen molar-refractivity contribution in [3.63, 3.8) is 0 Å². The van der Waals surface area contributed by atoms with Crippen LogP contribution in [0.5, 0.6) is 0 Å². The molecular formula is C17H13Cl2N5O. The summed E-state index contributed by atoms with van der Waals surface area (Å²) in [5.41, 5.74) is 1.66. The molecule has 0 aliphatic heterocycles. The largest absolute Gasteiger partial charge is 0.347 e. The summed E-state index contributed by atoms with van der Waals surface area (Å²) in [6.45, 7) is 0.379. The zero-order chi connectivity index (χ0) is 17.6. The maximum Gasteiger partial charge on any atom is 0.270 e. The van der Waals surface area contributed by atoms with Gasteiger partial charge in [0.1, 0.15) is 5.69 Å². The topological polar surface area (TPSA) is 79.8 Å². The van der Waals surface area contributed by atoms with Crippen molar-refractivity contribution in [2.45, 2.75) is 6.54 Å². The van der Waals surface area contributed by atoms with Gasteiger partial charge in [0.25, 0.3) is 5.91 Å². The van der Waals surface area contributed by atoms with E-state index in [2.05, 4.69) is 25.6 Å². The van der Waals surface area contributed by atoms with Crippen LogP contribution in [0.4, 0.5) is 11.6 Å². The molecule has 1 amide bonds. The zero-order valence-corrected chi connectivity index (χ0v) is 14.4. The van der Waals surface area contributed by atoms with E-state index in [1.165, 1.54) is 12.3 Å². The molecule has 3 rings (SSSR count). The minimum atomic E-state index is -0.312. The first kappa shape index (κ1) is 17.1. The van der Waals surface area contributed by atoms with Crippen molar-refractivity contribution in [1.82, 2.24) is 20.3 Å². The number of nitrogens with one attached hydrogen (secondary N) is 2. The highest BCUT2D eigenvalue weighted by atomic mass is 35.5. The van der Waals surface area contributed by atoms with E-state index in [0.29, 0.717) is 22.3 Å². The molecule has 0 spiro atoms. The van der Waals surface area contributed by atoms with Crippen LogP contribution in [0.2, 0.25) is 10.0 Å². The third kappa shape index (κ3) is 4.43. The Labute approximate surface area is 154 Å². The molecular weight excluding hydrogens is 361 g/mol. The van der Waals surface area contributed by atoms with Gasteiger partial charge in [-0.15, -0.1) is 0 Å². The van der Waals surface area contributed by atoms with Gasteiger partial charge in [0, 0.05) is 25.1 Å². The Kier molecular flexibility index (Phi) is 5.42. The van der Waals surface area contributed by atoms with Crippen molar-refractivity contribution >= 4 is 40.7 Å². The van der Waals surface area contributed by atoms with Crippen molar-refractivity contribution < 1.29 is 4.79 Å². The smallest absolute Gasteiger partial charge is 0.270 e. The molecule has 0 atom stereocenters. The minimum absolute atomic E-state index is 0.228. The predicted octanol–water partition coefficient (Wildman–Crippen LogP) is 3.85. The molecule has 3 aromatic rings. The second kappa shape index (κ2) is 7.92. The van der Waals surface area contributed by atoms with E-state index in [1.54, 1.807) is 30.6 Å². The van der Waals surface area contributed by atoms with Crippen LogP contribution in [-0.4, -0.2) is 20.9 Å². The Hall–Kier alpha value is -2.70.